The number of halogens is 1. The van der Waals surface area contributed by atoms with E-state index in [1.807, 2.05) is 0 Å². The molecule has 2 rings (SSSR count). The summed E-state index contributed by atoms with van der Waals surface area (Å²) in [5, 5.41) is 3.92. The van der Waals surface area contributed by atoms with Crippen LogP contribution in [0, 0.1) is 12.8 Å². The molecule has 8 heteroatoms. The van der Waals surface area contributed by atoms with Crippen LogP contribution in [0.15, 0.2) is 11.1 Å². The van der Waals surface area contributed by atoms with Crippen LogP contribution in [0.4, 0.5) is 0 Å². The molecule has 1 atom stereocenters. The van der Waals surface area contributed by atoms with E-state index >= 15 is 0 Å². The molecule has 104 valence electrons. The van der Waals surface area contributed by atoms with Gasteiger partial charge in [0.1, 0.15) is 4.90 Å². The molecule has 0 amide bonds. The number of nitrogens with one attached hydrogen (secondary N) is 1. The molecule has 1 unspecified atom stereocenters. The second-order valence-electron chi connectivity index (χ2n) is 4.57. The molecule has 1 aromatic rings. The minimum atomic E-state index is -3.48. The molecule has 3 N–H and O–H groups in total. The molecule has 1 heterocycles. The molecule has 1 saturated carbocycles. The first-order chi connectivity index (χ1) is 7.92. The first-order valence-electron chi connectivity index (χ1n) is 5.65. The van der Waals surface area contributed by atoms with E-state index in [1.165, 1.54) is 10.9 Å². The SMILES string of the molecule is Cc1c(S(=O)(=O)NCC(N)C2CC2)cnn1C.Cl. The second-order valence-corrected chi connectivity index (χ2v) is 6.31. The molecule has 1 aliphatic carbocycles. The smallest absolute Gasteiger partial charge is 0.244 e. The number of rotatable bonds is 5. The van der Waals surface area contributed by atoms with E-state index in [0.717, 1.165) is 12.8 Å². The normalized spacial score (nSPS) is 17.3. The van der Waals surface area contributed by atoms with Crippen molar-refractivity contribution in [2.45, 2.75) is 30.7 Å². The van der Waals surface area contributed by atoms with Gasteiger partial charge in [0.05, 0.1) is 11.9 Å². The lowest BCUT2D eigenvalue weighted by atomic mass is 10.2. The van der Waals surface area contributed by atoms with Crippen molar-refractivity contribution in [2.75, 3.05) is 6.54 Å². The number of hydrogen-bond acceptors (Lipinski definition) is 4. The van der Waals surface area contributed by atoms with Gasteiger partial charge in [0.15, 0.2) is 0 Å². The maximum Gasteiger partial charge on any atom is 0.244 e. The standard InChI is InChI=1S/C10H18N4O2S.ClH/c1-7-10(6-12-14(7)2)17(15,16)13-5-9(11)8-3-4-8;/h6,8-9,13H,3-5,11H2,1-2H3;1H. The quantitative estimate of drug-likeness (QED) is 0.810. The summed E-state index contributed by atoms with van der Waals surface area (Å²) in [4.78, 5) is 0.225. The third-order valence-corrected chi connectivity index (χ3v) is 4.74. The fraction of sp³-hybridized carbons (Fsp3) is 0.700. The molecule has 0 saturated heterocycles. The molecular formula is C10H19ClN4O2S. The first kappa shape index (κ1) is 15.4. The summed E-state index contributed by atoms with van der Waals surface area (Å²) in [6.45, 7) is 2.02. The Morgan fingerprint density at radius 1 is 1.61 bits per heavy atom. The fourth-order valence-electron chi connectivity index (χ4n) is 1.72. The van der Waals surface area contributed by atoms with Gasteiger partial charge in [0, 0.05) is 19.6 Å². The molecule has 6 nitrogen and oxygen atoms in total. The summed E-state index contributed by atoms with van der Waals surface area (Å²) < 4.78 is 28.1. The van der Waals surface area contributed by atoms with Crippen molar-refractivity contribution in [1.82, 2.24) is 14.5 Å². The summed E-state index contributed by atoms with van der Waals surface area (Å²) in [7, 11) is -1.77. The van der Waals surface area contributed by atoms with E-state index in [2.05, 4.69) is 9.82 Å². The van der Waals surface area contributed by atoms with Crippen molar-refractivity contribution in [3.63, 3.8) is 0 Å². The Morgan fingerprint density at radius 3 is 2.67 bits per heavy atom. The van der Waals surface area contributed by atoms with Gasteiger partial charge in [-0.1, -0.05) is 0 Å². The third kappa shape index (κ3) is 3.23. The first-order valence-corrected chi connectivity index (χ1v) is 7.14. The Labute approximate surface area is 113 Å². The highest BCUT2D eigenvalue weighted by atomic mass is 35.5. The van der Waals surface area contributed by atoms with Crippen molar-refractivity contribution < 1.29 is 8.42 Å². The topological polar surface area (TPSA) is 90.0 Å². The number of aryl methyl sites for hydroxylation is 1. The predicted octanol–water partition coefficient (Wildman–Crippen LogP) is 0.166. The molecule has 18 heavy (non-hydrogen) atoms. The second kappa shape index (κ2) is 5.56. The van der Waals surface area contributed by atoms with Crippen LogP contribution >= 0.6 is 12.4 Å². The van der Waals surface area contributed by atoms with Crippen LogP contribution in [0.3, 0.4) is 0 Å². The highest BCUT2D eigenvalue weighted by Gasteiger charge is 2.30. The lowest BCUT2D eigenvalue weighted by molar-refractivity contribution is 0.547. The minimum absolute atomic E-state index is 0. The molecular weight excluding hydrogens is 276 g/mol. The molecule has 0 bridgehead atoms. The number of nitrogens with zero attached hydrogens (tertiary/aromatic N) is 2. The van der Waals surface area contributed by atoms with Gasteiger partial charge >= 0.3 is 0 Å². The van der Waals surface area contributed by atoms with Gasteiger partial charge in [-0.25, -0.2) is 13.1 Å². The van der Waals surface area contributed by atoms with E-state index in [-0.39, 0.29) is 23.3 Å². The van der Waals surface area contributed by atoms with E-state index in [4.69, 9.17) is 5.73 Å². The lowest BCUT2D eigenvalue weighted by Crippen LogP contribution is -2.38. The van der Waals surface area contributed by atoms with Crippen LogP contribution < -0.4 is 10.5 Å². The molecule has 1 aromatic heterocycles. The van der Waals surface area contributed by atoms with Gasteiger partial charge in [-0.3, -0.25) is 4.68 Å². The Hall–Kier alpha value is -0.630. The highest BCUT2D eigenvalue weighted by molar-refractivity contribution is 7.89. The molecule has 0 radical (unpaired) electrons. The Balaban J connectivity index is 0.00000162. The maximum absolute atomic E-state index is 12.0. The van der Waals surface area contributed by atoms with E-state index in [0.29, 0.717) is 18.2 Å². The van der Waals surface area contributed by atoms with Crippen LogP contribution in [-0.2, 0) is 17.1 Å². The van der Waals surface area contributed by atoms with E-state index in [1.54, 1.807) is 14.0 Å². The van der Waals surface area contributed by atoms with Crippen LogP contribution in [0.2, 0.25) is 0 Å². The zero-order valence-electron chi connectivity index (χ0n) is 10.5. The lowest BCUT2D eigenvalue weighted by Gasteiger charge is -2.11. The number of aromatic nitrogens is 2. The van der Waals surface area contributed by atoms with Gasteiger partial charge in [-0.05, 0) is 25.7 Å². The van der Waals surface area contributed by atoms with E-state index in [9.17, 15) is 8.42 Å². The number of hydrogen-bond donors (Lipinski definition) is 2. The zero-order valence-corrected chi connectivity index (χ0v) is 12.1. The third-order valence-electron chi connectivity index (χ3n) is 3.22. The largest absolute Gasteiger partial charge is 0.326 e. The summed E-state index contributed by atoms with van der Waals surface area (Å²) in [6, 6.07) is -0.0817. The summed E-state index contributed by atoms with van der Waals surface area (Å²) in [6.07, 6.45) is 3.57. The van der Waals surface area contributed by atoms with Crippen LogP contribution in [0.25, 0.3) is 0 Å². The molecule has 0 aliphatic heterocycles. The maximum atomic E-state index is 12.0. The summed E-state index contributed by atoms with van der Waals surface area (Å²) in [5.74, 6) is 0.479. The van der Waals surface area contributed by atoms with Crippen molar-refractivity contribution in [3.05, 3.63) is 11.9 Å². The summed E-state index contributed by atoms with van der Waals surface area (Å²) in [5.41, 5.74) is 6.48. The molecule has 1 aliphatic rings. The number of sulfonamides is 1. The Kier molecular flexibility index (Phi) is 4.77. The monoisotopic (exact) mass is 294 g/mol. The molecule has 0 aromatic carbocycles. The van der Waals surface area contributed by atoms with Gasteiger partial charge in [0.25, 0.3) is 0 Å². The molecule has 1 fully saturated rings. The van der Waals surface area contributed by atoms with Crippen molar-refractivity contribution in [2.24, 2.45) is 18.7 Å². The van der Waals surface area contributed by atoms with Gasteiger partial charge in [-0.2, -0.15) is 5.10 Å². The number of nitrogens with two attached hydrogens (primary N) is 1. The van der Waals surface area contributed by atoms with Crippen LogP contribution in [-0.4, -0.2) is 30.8 Å². The Morgan fingerprint density at radius 2 is 2.22 bits per heavy atom. The fourth-order valence-corrected chi connectivity index (χ4v) is 2.99. The van der Waals surface area contributed by atoms with Crippen LogP contribution in [0.5, 0.6) is 0 Å². The molecule has 0 spiro atoms. The van der Waals surface area contributed by atoms with Gasteiger partial charge in [-0.15, -0.1) is 12.4 Å². The van der Waals surface area contributed by atoms with Gasteiger partial charge in [0.2, 0.25) is 10.0 Å². The zero-order chi connectivity index (χ0) is 12.6. The van der Waals surface area contributed by atoms with Crippen molar-refractivity contribution in [3.8, 4) is 0 Å². The Bertz CT molecular complexity index is 510. The average Bonchev–Trinajstić information content (AvgIpc) is 3.04. The predicted molar refractivity (Wildman–Crippen MR) is 71.1 cm³/mol. The van der Waals surface area contributed by atoms with Crippen molar-refractivity contribution in [1.29, 1.82) is 0 Å². The summed E-state index contributed by atoms with van der Waals surface area (Å²) >= 11 is 0. The van der Waals surface area contributed by atoms with E-state index < -0.39 is 10.0 Å². The van der Waals surface area contributed by atoms with Crippen LogP contribution in [0.1, 0.15) is 18.5 Å². The van der Waals surface area contributed by atoms with Crippen molar-refractivity contribution >= 4 is 22.4 Å². The average molecular weight is 295 g/mol. The van der Waals surface area contributed by atoms with Gasteiger partial charge < -0.3 is 5.73 Å². The minimum Gasteiger partial charge on any atom is -0.326 e. The highest BCUT2D eigenvalue weighted by Crippen LogP contribution is 2.31.